The van der Waals surface area contributed by atoms with Crippen LogP contribution >= 0.6 is 0 Å². The standard InChI is InChI=1S/C28H28N6O5/c1-5-30-23-21(13-15(2)31-24(23)27(37)33-20-8-6-7-18(14-20)25(29)35)26(36)32-19-11-9-17(10-12-19)22-16(3)39-34(4)28(22)38/h6-14,30H,5H2,1-4H3,(H2,29,35)(H,32,36)(H,33,37)/p+1. The monoisotopic (exact) mass is 529 g/mol. The van der Waals surface area contributed by atoms with Crippen LogP contribution < -0.4 is 27.2 Å². The number of primary amides is 2. The second-order valence-electron chi connectivity index (χ2n) is 8.92. The van der Waals surface area contributed by atoms with E-state index in [0.717, 1.165) is 0 Å². The minimum atomic E-state index is -0.619. The van der Waals surface area contributed by atoms with Gasteiger partial charge in [-0.3, -0.25) is 14.4 Å². The molecule has 0 bridgehead atoms. The van der Waals surface area contributed by atoms with E-state index in [2.05, 4.69) is 15.6 Å². The predicted octanol–water partition coefficient (Wildman–Crippen LogP) is 2.48. The van der Waals surface area contributed by atoms with Gasteiger partial charge in [0.1, 0.15) is 17.0 Å². The van der Waals surface area contributed by atoms with Crippen molar-refractivity contribution in [2.45, 2.75) is 20.8 Å². The number of carbonyl (C=O) groups is 3. The lowest BCUT2D eigenvalue weighted by molar-refractivity contribution is -0.463. The first-order valence-corrected chi connectivity index (χ1v) is 12.2. The Kier molecular flexibility index (Phi) is 7.73. The van der Waals surface area contributed by atoms with E-state index in [-0.39, 0.29) is 28.3 Å². The summed E-state index contributed by atoms with van der Waals surface area (Å²) in [6.07, 6.45) is 0. The van der Waals surface area contributed by atoms with E-state index in [1.807, 2.05) is 6.92 Å². The number of anilines is 2. The highest BCUT2D eigenvalue weighted by molar-refractivity contribution is 6.10. The summed E-state index contributed by atoms with van der Waals surface area (Å²) in [6, 6.07) is 14.8. The number of nitrogens with two attached hydrogens (primary N) is 2. The highest BCUT2D eigenvalue weighted by atomic mass is 16.5. The molecule has 0 unspecified atom stereocenters. The van der Waals surface area contributed by atoms with E-state index in [9.17, 15) is 19.2 Å². The molecule has 0 aliphatic carbocycles. The average Bonchev–Trinajstić information content (AvgIpc) is 3.16. The Balaban J connectivity index is 1.62. The first kappa shape index (κ1) is 27.0. The minimum absolute atomic E-state index is 0.0414. The van der Waals surface area contributed by atoms with Crippen LogP contribution in [0.3, 0.4) is 0 Å². The third-order valence-corrected chi connectivity index (χ3v) is 6.01. The number of rotatable bonds is 8. The molecule has 0 aliphatic heterocycles. The predicted molar refractivity (Wildman–Crippen MR) is 146 cm³/mol. The third-order valence-electron chi connectivity index (χ3n) is 6.01. The van der Waals surface area contributed by atoms with Gasteiger partial charge in [-0.15, -0.1) is 0 Å². The molecule has 39 heavy (non-hydrogen) atoms. The van der Waals surface area contributed by atoms with Crippen LogP contribution in [0.1, 0.15) is 49.6 Å². The van der Waals surface area contributed by atoms with Gasteiger partial charge >= 0.3 is 5.91 Å². The zero-order chi connectivity index (χ0) is 28.3. The van der Waals surface area contributed by atoms with Crippen LogP contribution in [0.25, 0.3) is 11.1 Å². The largest absolute Gasteiger partial charge is 0.383 e. The fraction of sp³-hybridized carbons (Fsp3) is 0.179. The van der Waals surface area contributed by atoms with Crippen LogP contribution in [-0.4, -0.2) is 34.0 Å². The summed E-state index contributed by atoms with van der Waals surface area (Å²) in [6.45, 7) is 5.70. The topological polar surface area (TPSA) is 166 Å². The van der Waals surface area contributed by atoms with E-state index in [1.54, 1.807) is 69.4 Å². The number of quaternary nitrogens is 1. The van der Waals surface area contributed by atoms with Crippen molar-refractivity contribution in [1.82, 2.24) is 9.72 Å². The third kappa shape index (κ3) is 5.78. The van der Waals surface area contributed by atoms with E-state index in [0.29, 0.717) is 46.2 Å². The van der Waals surface area contributed by atoms with E-state index >= 15 is 0 Å². The normalized spacial score (nSPS) is 10.8. The van der Waals surface area contributed by atoms with Crippen molar-refractivity contribution >= 4 is 34.8 Å². The summed E-state index contributed by atoms with van der Waals surface area (Å²) in [7, 11) is 1.55. The lowest BCUT2D eigenvalue weighted by atomic mass is 10.1. The molecule has 6 N–H and O–H groups in total. The number of pyridine rings is 1. The molecule has 0 saturated carbocycles. The van der Waals surface area contributed by atoms with E-state index in [4.69, 9.17) is 10.3 Å². The number of amides is 3. The molecule has 0 fully saturated rings. The highest BCUT2D eigenvalue weighted by Crippen LogP contribution is 2.24. The van der Waals surface area contributed by atoms with Crippen LogP contribution in [0.15, 0.2) is 63.9 Å². The van der Waals surface area contributed by atoms with Crippen molar-refractivity contribution < 1.29 is 24.2 Å². The highest BCUT2D eigenvalue weighted by Gasteiger charge is 2.25. The molecule has 0 radical (unpaired) electrons. The molecule has 0 spiro atoms. The summed E-state index contributed by atoms with van der Waals surface area (Å²) in [5.41, 5.74) is 8.57. The zero-order valence-electron chi connectivity index (χ0n) is 22.0. The summed E-state index contributed by atoms with van der Waals surface area (Å²) in [5.74, 6) is -0.993. The molecule has 11 heteroatoms. The Labute approximate surface area is 224 Å². The van der Waals surface area contributed by atoms with Gasteiger partial charge in [-0.25, -0.2) is 15.1 Å². The Hall–Kier alpha value is -5.03. The zero-order valence-corrected chi connectivity index (χ0v) is 22.0. The maximum Gasteiger partial charge on any atom is 0.349 e. The summed E-state index contributed by atoms with van der Waals surface area (Å²) in [4.78, 5) is 54.9. The van der Waals surface area contributed by atoms with Crippen LogP contribution in [0.5, 0.6) is 0 Å². The molecule has 2 heterocycles. The van der Waals surface area contributed by atoms with Gasteiger partial charge in [0.15, 0.2) is 5.69 Å². The fourth-order valence-electron chi connectivity index (χ4n) is 4.23. The van der Waals surface area contributed by atoms with Crippen LogP contribution in [-0.2, 0) is 7.05 Å². The van der Waals surface area contributed by atoms with Gasteiger partial charge in [-0.2, -0.15) is 4.74 Å². The Bertz CT molecular complexity index is 1640. The molecular formula is C28H29N6O5+. The summed E-state index contributed by atoms with van der Waals surface area (Å²) >= 11 is 0. The molecule has 0 atom stereocenters. The van der Waals surface area contributed by atoms with Gasteiger partial charge in [-0.1, -0.05) is 6.07 Å². The quantitative estimate of drug-likeness (QED) is 0.254. The van der Waals surface area contributed by atoms with E-state index in [1.165, 1.54) is 16.1 Å². The SMILES string of the molecule is CCNc1c(C(=O)[NH2+]c2ccc(-c3c(C)on(C)c3=O)cc2)cc(C)nc1C(=O)Nc1cccc(C(N)=O)c1. The van der Waals surface area contributed by atoms with Gasteiger partial charge in [0, 0.05) is 42.7 Å². The summed E-state index contributed by atoms with van der Waals surface area (Å²) < 4.78 is 6.53. The molecule has 4 rings (SSSR count). The molecule has 4 aromatic rings. The molecule has 2 aromatic carbocycles. The van der Waals surface area contributed by atoms with Gasteiger partial charge in [0.25, 0.3) is 11.5 Å². The first-order valence-electron chi connectivity index (χ1n) is 12.2. The number of aryl methyl sites for hydroxylation is 3. The molecule has 200 valence electrons. The van der Waals surface area contributed by atoms with Gasteiger partial charge in [0.05, 0.1) is 11.3 Å². The maximum absolute atomic E-state index is 13.4. The second-order valence-corrected chi connectivity index (χ2v) is 8.92. The number of carbonyl (C=O) groups excluding carboxylic acids is 3. The molecule has 2 aromatic heterocycles. The van der Waals surface area contributed by atoms with Crippen LogP contribution in [0.4, 0.5) is 17.1 Å². The number of nitrogens with zero attached hydrogens (tertiary/aromatic N) is 2. The summed E-state index contributed by atoms with van der Waals surface area (Å²) in [5, 5.41) is 7.27. The molecule has 3 amide bonds. The number of benzene rings is 2. The second kappa shape index (κ2) is 11.2. The lowest BCUT2D eigenvalue weighted by Crippen LogP contribution is -2.82. The molecular weight excluding hydrogens is 500 g/mol. The molecule has 0 saturated heterocycles. The van der Waals surface area contributed by atoms with Crippen LogP contribution in [0, 0.1) is 13.8 Å². The number of hydrogen-bond acceptors (Lipinski definition) is 7. The fourth-order valence-corrected chi connectivity index (χ4v) is 4.23. The van der Waals surface area contributed by atoms with Crippen molar-refractivity contribution in [3.05, 3.63) is 93.2 Å². The van der Waals surface area contributed by atoms with Crippen molar-refractivity contribution in [2.75, 3.05) is 17.2 Å². The van der Waals surface area contributed by atoms with Gasteiger partial charge < -0.3 is 20.9 Å². The maximum atomic E-state index is 13.4. The van der Waals surface area contributed by atoms with Gasteiger partial charge in [-0.05, 0) is 62.7 Å². The van der Waals surface area contributed by atoms with Crippen molar-refractivity contribution in [3.63, 3.8) is 0 Å². The average molecular weight is 530 g/mol. The smallest absolute Gasteiger partial charge is 0.349 e. The minimum Gasteiger partial charge on any atom is -0.383 e. The number of nitrogens with one attached hydrogen (secondary N) is 2. The van der Waals surface area contributed by atoms with Crippen molar-refractivity contribution in [1.29, 1.82) is 0 Å². The van der Waals surface area contributed by atoms with Crippen molar-refractivity contribution in [3.8, 4) is 11.1 Å². The number of aromatic nitrogens is 2. The van der Waals surface area contributed by atoms with Gasteiger partial charge in [0.2, 0.25) is 5.91 Å². The Morgan fingerprint density at radius 2 is 1.79 bits per heavy atom. The van der Waals surface area contributed by atoms with Crippen molar-refractivity contribution in [2.24, 2.45) is 12.8 Å². The first-order chi connectivity index (χ1) is 18.6. The van der Waals surface area contributed by atoms with E-state index < -0.39 is 11.8 Å². The Morgan fingerprint density at radius 3 is 2.41 bits per heavy atom. The molecule has 11 nitrogen and oxygen atoms in total. The lowest BCUT2D eigenvalue weighted by Gasteiger charge is -2.15. The van der Waals surface area contributed by atoms with Crippen LogP contribution in [0.2, 0.25) is 0 Å². The number of hydrogen-bond donors (Lipinski definition) is 4. The Morgan fingerprint density at radius 1 is 1.08 bits per heavy atom. The molecule has 0 aliphatic rings.